The van der Waals surface area contributed by atoms with E-state index in [1.807, 2.05) is 27.7 Å². The summed E-state index contributed by atoms with van der Waals surface area (Å²) in [7, 11) is 1.60. The Kier molecular flexibility index (Phi) is 13.9. The van der Waals surface area contributed by atoms with Crippen LogP contribution in [0, 0.1) is 46.3 Å². The quantitative estimate of drug-likeness (QED) is 0.218. The molecule has 0 amide bonds. The molecular weight excluding hydrogens is 578 g/mol. The van der Waals surface area contributed by atoms with Crippen LogP contribution in [0.1, 0.15) is 139 Å². The highest BCUT2D eigenvalue weighted by Crippen LogP contribution is 2.68. The van der Waals surface area contributed by atoms with E-state index in [-0.39, 0.29) is 23.7 Å². The molecule has 6 fully saturated rings. The predicted molar refractivity (Wildman–Crippen MR) is 185 cm³/mol. The predicted octanol–water partition coefficient (Wildman–Crippen LogP) is 7.09. The van der Waals surface area contributed by atoms with Gasteiger partial charge in [-0.1, -0.05) is 54.9 Å². The topological polar surface area (TPSA) is 100 Å². The molecule has 0 spiro atoms. The first-order valence-corrected chi connectivity index (χ1v) is 19.7. The maximum Gasteiger partial charge on any atom is 0.161 e. The van der Waals surface area contributed by atoms with Crippen LogP contribution in [0.15, 0.2) is 0 Å². The van der Waals surface area contributed by atoms with E-state index in [1.165, 1.54) is 51.4 Å². The number of hydrogen-bond donors (Lipinski definition) is 4. The van der Waals surface area contributed by atoms with Crippen molar-refractivity contribution >= 4 is 0 Å². The minimum absolute atomic E-state index is 0.151. The van der Waals surface area contributed by atoms with Gasteiger partial charge in [0.2, 0.25) is 0 Å². The van der Waals surface area contributed by atoms with Gasteiger partial charge in [0.15, 0.2) is 6.29 Å². The van der Waals surface area contributed by atoms with Crippen LogP contribution < -0.4 is 5.32 Å². The molecule has 0 radical (unpaired) electrons. The van der Waals surface area contributed by atoms with Crippen LogP contribution in [0.4, 0.5) is 0 Å². The first-order valence-electron chi connectivity index (χ1n) is 19.7. The van der Waals surface area contributed by atoms with Crippen molar-refractivity contribution < 1.29 is 29.5 Å². The van der Waals surface area contributed by atoms with E-state index in [1.54, 1.807) is 14.0 Å². The molecule has 0 bridgehead atoms. The van der Waals surface area contributed by atoms with Gasteiger partial charge in [0.25, 0.3) is 0 Å². The Bertz CT molecular complexity index is 913. The van der Waals surface area contributed by atoms with Gasteiger partial charge in [-0.15, -0.1) is 0 Å². The van der Waals surface area contributed by atoms with Crippen molar-refractivity contribution in [3.8, 4) is 0 Å². The molecule has 7 heteroatoms. The molecule has 0 aromatic carbocycles. The largest absolute Gasteiger partial charge is 0.393 e. The fourth-order valence-electron chi connectivity index (χ4n) is 12.0. The highest BCUT2D eigenvalue weighted by Gasteiger charge is 2.63. The molecule has 4 saturated carbocycles. The van der Waals surface area contributed by atoms with E-state index < -0.39 is 24.6 Å². The summed E-state index contributed by atoms with van der Waals surface area (Å²) in [6, 6.07) is 0.562. The van der Waals surface area contributed by atoms with Crippen molar-refractivity contribution in [1.82, 2.24) is 5.32 Å². The summed E-state index contributed by atoms with van der Waals surface area (Å²) in [5.41, 5.74) is 0.594. The van der Waals surface area contributed by atoms with Crippen LogP contribution in [0.3, 0.4) is 0 Å². The smallest absolute Gasteiger partial charge is 0.161 e. The number of rotatable bonds is 7. The second-order valence-corrected chi connectivity index (χ2v) is 16.2. The number of aliphatic hydroxyl groups excluding tert-OH is 3. The summed E-state index contributed by atoms with van der Waals surface area (Å²) in [5, 5.41) is 36.1. The zero-order valence-corrected chi connectivity index (χ0v) is 31.0. The van der Waals surface area contributed by atoms with Gasteiger partial charge in [0.05, 0.1) is 30.5 Å². The van der Waals surface area contributed by atoms with E-state index in [2.05, 4.69) is 26.1 Å². The average molecular weight is 652 g/mol. The first kappa shape index (κ1) is 38.5. The Balaban J connectivity index is 0.00000116. The van der Waals surface area contributed by atoms with Gasteiger partial charge in [0.1, 0.15) is 6.10 Å². The maximum absolute atomic E-state index is 11.6. The monoisotopic (exact) mass is 652 g/mol. The molecule has 0 aromatic rings. The van der Waals surface area contributed by atoms with Crippen molar-refractivity contribution in [2.24, 2.45) is 46.3 Å². The Morgan fingerprint density at radius 2 is 1.57 bits per heavy atom. The molecule has 2 heterocycles. The van der Waals surface area contributed by atoms with E-state index in [4.69, 9.17) is 14.2 Å². The van der Waals surface area contributed by atoms with Crippen LogP contribution in [0.25, 0.3) is 0 Å². The molecule has 4 N–H and O–H groups in total. The van der Waals surface area contributed by atoms with Crippen LogP contribution in [-0.2, 0) is 14.2 Å². The molecule has 6 aliphatic rings. The standard InChI is InChI=1S/C35H61NO6.2C2H6/c1-20(37)16-30-33(40-5)29(39)19-31(42-30)41-23-11-13-34(3)22(17-23)9-10-24-25(34)12-14-35(4)26(24)18-28(38)32(35)21(2)27-8-6-7-15-36-27;2*1-2/h20-33,36-39H,6-19H2,1-5H3;2*1-2H3/t20?,21-,22?,23?,24?,25?,26?,27?,28?,29?,30?,31?,32?,33?,34?,35?;;/m1../s1. The third kappa shape index (κ3) is 7.56. The molecule has 2 saturated heterocycles. The number of fused-ring (bicyclic) bond motifs is 5. The average Bonchev–Trinajstić information content (AvgIpc) is 3.32. The van der Waals surface area contributed by atoms with E-state index in [0.29, 0.717) is 48.0 Å². The fraction of sp³-hybridized carbons (Fsp3) is 1.00. The Labute approximate surface area is 282 Å². The minimum atomic E-state index is -0.652. The summed E-state index contributed by atoms with van der Waals surface area (Å²) >= 11 is 0. The third-order valence-corrected chi connectivity index (χ3v) is 14.0. The normalized spacial score (nSPS) is 48.3. The van der Waals surface area contributed by atoms with Gasteiger partial charge in [-0.3, -0.25) is 0 Å². The minimum Gasteiger partial charge on any atom is -0.393 e. The van der Waals surface area contributed by atoms with Crippen LogP contribution >= 0.6 is 0 Å². The summed E-state index contributed by atoms with van der Waals surface area (Å²) < 4.78 is 18.4. The zero-order valence-electron chi connectivity index (χ0n) is 31.0. The highest BCUT2D eigenvalue weighted by molar-refractivity contribution is 5.12. The fourth-order valence-corrected chi connectivity index (χ4v) is 12.0. The Morgan fingerprint density at radius 1 is 0.848 bits per heavy atom. The lowest BCUT2D eigenvalue weighted by Crippen LogP contribution is -2.56. The molecule has 16 atom stereocenters. The molecule has 6 rings (SSSR count). The summed E-state index contributed by atoms with van der Waals surface area (Å²) in [5.74, 6) is 3.72. The molecule has 7 nitrogen and oxygen atoms in total. The van der Waals surface area contributed by atoms with Gasteiger partial charge in [-0.2, -0.15) is 0 Å². The molecule has 0 aromatic heterocycles. The molecule has 15 unspecified atom stereocenters. The molecule has 2 aliphatic heterocycles. The van der Waals surface area contributed by atoms with E-state index in [0.717, 1.165) is 37.6 Å². The Hall–Kier alpha value is -0.280. The van der Waals surface area contributed by atoms with Crippen molar-refractivity contribution in [2.75, 3.05) is 13.7 Å². The van der Waals surface area contributed by atoms with Crippen LogP contribution in [0.5, 0.6) is 0 Å². The van der Waals surface area contributed by atoms with Gasteiger partial charge in [-0.25, -0.2) is 0 Å². The van der Waals surface area contributed by atoms with Gasteiger partial charge in [0, 0.05) is 26.0 Å². The van der Waals surface area contributed by atoms with Gasteiger partial charge in [-0.05, 0) is 124 Å². The Morgan fingerprint density at radius 3 is 2.22 bits per heavy atom. The molecule has 4 aliphatic carbocycles. The third-order valence-electron chi connectivity index (χ3n) is 14.0. The van der Waals surface area contributed by atoms with Crippen molar-refractivity contribution in [1.29, 1.82) is 0 Å². The lowest BCUT2D eigenvalue weighted by molar-refractivity contribution is -0.279. The molecule has 46 heavy (non-hydrogen) atoms. The molecular formula is C39H73NO6. The lowest BCUT2D eigenvalue weighted by Gasteiger charge is -2.61. The number of methoxy groups -OCH3 is 1. The van der Waals surface area contributed by atoms with E-state index >= 15 is 0 Å². The summed E-state index contributed by atoms with van der Waals surface area (Å²) in [4.78, 5) is 0. The number of aliphatic hydroxyl groups is 3. The summed E-state index contributed by atoms with van der Waals surface area (Å²) in [6.07, 6.45) is 11.7. The highest BCUT2D eigenvalue weighted by atomic mass is 16.7. The number of nitrogens with one attached hydrogen (secondary N) is 1. The first-order chi connectivity index (χ1) is 22.0. The van der Waals surface area contributed by atoms with Crippen LogP contribution in [0.2, 0.25) is 0 Å². The number of piperidine rings is 1. The summed E-state index contributed by atoms with van der Waals surface area (Å²) in [6.45, 7) is 18.5. The van der Waals surface area contributed by atoms with Crippen molar-refractivity contribution in [3.63, 3.8) is 0 Å². The number of hydrogen-bond acceptors (Lipinski definition) is 7. The van der Waals surface area contributed by atoms with Crippen molar-refractivity contribution in [2.45, 2.75) is 188 Å². The van der Waals surface area contributed by atoms with Gasteiger partial charge < -0.3 is 34.8 Å². The van der Waals surface area contributed by atoms with Crippen LogP contribution in [-0.4, -0.2) is 77.9 Å². The molecule has 270 valence electrons. The lowest BCUT2D eigenvalue weighted by atomic mass is 9.44. The van der Waals surface area contributed by atoms with Gasteiger partial charge >= 0.3 is 0 Å². The second kappa shape index (κ2) is 16.6. The van der Waals surface area contributed by atoms with E-state index in [9.17, 15) is 15.3 Å². The SMILES string of the molecule is CC.CC.COC1C(O)CC(OC2CCC3(C)C(CCC4C3CCC3(C)C4CC(O)C3[C@H](C)C3CCCCN3)C2)OC1CC(C)O. The second-order valence-electron chi connectivity index (χ2n) is 16.2. The van der Waals surface area contributed by atoms with Crippen molar-refractivity contribution in [3.05, 3.63) is 0 Å². The number of ether oxygens (including phenoxy) is 3. The zero-order chi connectivity index (χ0) is 33.8. The maximum atomic E-state index is 11.6.